The Balaban J connectivity index is 1.93. The Morgan fingerprint density at radius 3 is 2.04 bits per heavy atom. The van der Waals surface area contributed by atoms with Crippen molar-refractivity contribution in [3.63, 3.8) is 0 Å². The SMILES string of the molecule is O=C1c2ccccc2C(=O)c2c1c1ccccc1n2-c1ccc(F)cc1. The van der Waals surface area contributed by atoms with Crippen LogP contribution in [0, 0.1) is 5.82 Å². The normalized spacial score (nSPS) is 13.0. The summed E-state index contributed by atoms with van der Waals surface area (Å²) in [6.45, 7) is 0. The van der Waals surface area contributed by atoms with Crippen LogP contribution in [0.5, 0.6) is 0 Å². The fourth-order valence-electron chi connectivity index (χ4n) is 3.68. The number of benzene rings is 3. The van der Waals surface area contributed by atoms with E-state index in [1.54, 1.807) is 41.0 Å². The number of halogens is 1. The lowest BCUT2D eigenvalue weighted by Gasteiger charge is -2.17. The molecule has 4 aromatic rings. The number of nitrogens with zero attached hydrogens (tertiary/aromatic N) is 1. The molecule has 0 spiro atoms. The summed E-state index contributed by atoms with van der Waals surface area (Å²) in [4.78, 5) is 26.4. The largest absolute Gasteiger partial charge is 0.306 e. The van der Waals surface area contributed by atoms with E-state index in [9.17, 15) is 14.0 Å². The number of aromatic nitrogens is 1. The summed E-state index contributed by atoms with van der Waals surface area (Å²) in [5.41, 5.74) is 2.96. The quantitative estimate of drug-likeness (QED) is 0.449. The topological polar surface area (TPSA) is 39.1 Å². The molecule has 5 rings (SSSR count). The molecule has 0 radical (unpaired) electrons. The van der Waals surface area contributed by atoms with Crippen molar-refractivity contribution in [3.05, 3.63) is 101 Å². The van der Waals surface area contributed by atoms with Crippen LogP contribution in [-0.4, -0.2) is 16.1 Å². The Labute approximate surface area is 148 Å². The molecule has 0 fully saturated rings. The first-order valence-electron chi connectivity index (χ1n) is 8.24. The highest BCUT2D eigenvalue weighted by Crippen LogP contribution is 2.36. The molecule has 1 heterocycles. The van der Waals surface area contributed by atoms with Crippen molar-refractivity contribution >= 4 is 22.5 Å². The van der Waals surface area contributed by atoms with E-state index in [2.05, 4.69) is 0 Å². The van der Waals surface area contributed by atoms with E-state index in [1.807, 2.05) is 24.3 Å². The van der Waals surface area contributed by atoms with Crippen molar-refractivity contribution in [2.75, 3.05) is 0 Å². The van der Waals surface area contributed by atoms with Crippen LogP contribution in [0.2, 0.25) is 0 Å². The van der Waals surface area contributed by atoms with Gasteiger partial charge in [0.25, 0.3) is 0 Å². The first-order valence-corrected chi connectivity index (χ1v) is 8.24. The van der Waals surface area contributed by atoms with Crippen LogP contribution in [0.25, 0.3) is 16.6 Å². The second-order valence-electron chi connectivity index (χ2n) is 6.26. The van der Waals surface area contributed by atoms with E-state index in [-0.39, 0.29) is 17.4 Å². The number of rotatable bonds is 1. The van der Waals surface area contributed by atoms with Gasteiger partial charge in [0.1, 0.15) is 11.5 Å². The van der Waals surface area contributed by atoms with Gasteiger partial charge in [-0.05, 0) is 30.3 Å². The van der Waals surface area contributed by atoms with Crippen molar-refractivity contribution in [3.8, 4) is 5.69 Å². The first kappa shape index (κ1) is 14.8. The number of hydrogen-bond acceptors (Lipinski definition) is 2. The van der Waals surface area contributed by atoms with Crippen LogP contribution < -0.4 is 0 Å². The highest BCUT2D eigenvalue weighted by molar-refractivity contribution is 6.32. The van der Waals surface area contributed by atoms with Gasteiger partial charge in [-0.3, -0.25) is 9.59 Å². The van der Waals surface area contributed by atoms with Crippen LogP contribution >= 0.6 is 0 Å². The van der Waals surface area contributed by atoms with E-state index < -0.39 is 0 Å². The van der Waals surface area contributed by atoms with Gasteiger partial charge in [-0.2, -0.15) is 0 Å². The van der Waals surface area contributed by atoms with Crippen LogP contribution in [0.4, 0.5) is 4.39 Å². The lowest BCUT2D eigenvalue weighted by atomic mass is 9.87. The molecule has 0 aliphatic heterocycles. The minimum absolute atomic E-state index is 0.160. The molecule has 1 aliphatic rings. The predicted octanol–water partition coefficient (Wildman–Crippen LogP) is 4.55. The van der Waals surface area contributed by atoms with Gasteiger partial charge < -0.3 is 4.57 Å². The molecule has 3 nitrogen and oxygen atoms in total. The molecule has 0 atom stereocenters. The summed E-state index contributed by atoms with van der Waals surface area (Å²) in [5.74, 6) is -0.713. The second-order valence-corrected chi connectivity index (χ2v) is 6.26. The van der Waals surface area contributed by atoms with Crippen LogP contribution in [0.1, 0.15) is 32.0 Å². The average molecular weight is 341 g/mol. The molecule has 124 valence electrons. The number of carbonyl (C=O) groups is 2. The van der Waals surface area contributed by atoms with E-state index in [4.69, 9.17) is 0 Å². The third-order valence-corrected chi connectivity index (χ3v) is 4.82. The highest BCUT2D eigenvalue weighted by Gasteiger charge is 2.35. The smallest absolute Gasteiger partial charge is 0.211 e. The Kier molecular flexibility index (Phi) is 2.97. The average Bonchev–Trinajstić information content (AvgIpc) is 3.02. The van der Waals surface area contributed by atoms with Crippen LogP contribution in [0.15, 0.2) is 72.8 Å². The number of para-hydroxylation sites is 1. The minimum atomic E-state index is -0.355. The molecule has 0 amide bonds. The molecule has 26 heavy (non-hydrogen) atoms. The standard InChI is InChI=1S/C22H12FNO2/c23-13-9-11-14(12-10-13)24-18-8-4-3-7-17(18)19-20(24)22(26)16-6-2-1-5-15(16)21(19)25/h1-12H. The van der Waals surface area contributed by atoms with E-state index in [0.717, 1.165) is 10.9 Å². The Hall–Kier alpha value is -3.53. The summed E-state index contributed by atoms with van der Waals surface area (Å²) >= 11 is 0. The molecular formula is C22H12FNO2. The van der Waals surface area contributed by atoms with Gasteiger partial charge in [-0.15, -0.1) is 0 Å². The number of carbonyl (C=O) groups excluding carboxylic acids is 2. The zero-order chi connectivity index (χ0) is 17.8. The maximum atomic E-state index is 13.4. The van der Waals surface area contributed by atoms with Crippen molar-refractivity contribution < 1.29 is 14.0 Å². The van der Waals surface area contributed by atoms with Crippen molar-refractivity contribution in [1.29, 1.82) is 0 Å². The monoisotopic (exact) mass is 341 g/mol. The molecule has 0 saturated carbocycles. The fraction of sp³-hybridized carbons (Fsp3) is 0. The zero-order valence-electron chi connectivity index (χ0n) is 13.6. The maximum Gasteiger partial charge on any atom is 0.211 e. The summed E-state index contributed by atoms with van der Waals surface area (Å²) in [5, 5.41) is 0.722. The Bertz CT molecular complexity index is 1220. The summed E-state index contributed by atoms with van der Waals surface area (Å²) < 4.78 is 15.1. The molecule has 1 aliphatic carbocycles. The van der Waals surface area contributed by atoms with E-state index >= 15 is 0 Å². The zero-order valence-corrected chi connectivity index (χ0v) is 13.6. The van der Waals surface area contributed by atoms with E-state index in [1.165, 1.54) is 12.1 Å². The van der Waals surface area contributed by atoms with Gasteiger partial charge in [-0.1, -0.05) is 42.5 Å². The van der Waals surface area contributed by atoms with Crippen LogP contribution in [-0.2, 0) is 0 Å². The minimum Gasteiger partial charge on any atom is -0.306 e. The van der Waals surface area contributed by atoms with Crippen molar-refractivity contribution in [1.82, 2.24) is 4.57 Å². The van der Waals surface area contributed by atoms with Gasteiger partial charge in [0.05, 0.1) is 11.1 Å². The Morgan fingerprint density at radius 2 is 1.31 bits per heavy atom. The summed E-state index contributed by atoms with van der Waals surface area (Å²) in [7, 11) is 0. The lowest BCUT2D eigenvalue weighted by Crippen LogP contribution is -2.22. The molecule has 0 unspecified atom stereocenters. The lowest BCUT2D eigenvalue weighted by molar-refractivity contribution is 0.0976. The molecule has 4 heteroatoms. The fourth-order valence-corrected chi connectivity index (χ4v) is 3.68. The number of hydrogen-bond donors (Lipinski definition) is 0. The summed E-state index contributed by atoms with van der Waals surface area (Å²) in [6.07, 6.45) is 0. The number of ketones is 2. The highest BCUT2D eigenvalue weighted by atomic mass is 19.1. The third-order valence-electron chi connectivity index (χ3n) is 4.82. The maximum absolute atomic E-state index is 13.4. The first-order chi connectivity index (χ1) is 12.7. The molecule has 1 aromatic heterocycles. The van der Waals surface area contributed by atoms with Gasteiger partial charge in [0.2, 0.25) is 5.78 Å². The number of fused-ring (bicyclic) bond motifs is 4. The molecular weight excluding hydrogens is 329 g/mol. The Morgan fingerprint density at radius 1 is 0.692 bits per heavy atom. The molecule has 0 bridgehead atoms. The third kappa shape index (κ3) is 1.87. The van der Waals surface area contributed by atoms with Gasteiger partial charge in [-0.25, -0.2) is 4.39 Å². The van der Waals surface area contributed by atoms with Crippen LogP contribution in [0.3, 0.4) is 0 Å². The van der Waals surface area contributed by atoms with Crippen molar-refractivity contribution in [2.24, 2.45) is 0 Å². The van der Waals surface area contributed by atoms with Gasteiger partial charge in [0, 0.05) is 22.2 Å². The molecule has 0 N–H and O–H groups in total. The molecule has 3 aromatic carbocycles. The van der Waals surface area contributed by atoms with E-state index in [0.29, 0.717) is 28.1 Å². The molecule has 0 saturated heterocycles. The summed E-state index contributed by atoms with van der Waals surface area (Å²) in [6, 6.07) is 20.2. The van der Waals surface area contributed by atoms with Gasteiger partial charge in [0.15, 0.2) is 5.78 Å². The second kappa shape index (κ2) is 5.23. The predicted molar refractivity (Wildman–Crippen MR) is 96.5 cm³/mol. The van der Waals surface area contributed by atoms with Crippen molar-refractivity contribution in [2.45, 2.75) is 0 Å². The van der Waals surface area contributed by atoms with Gasteiger partial charge >= 0.3 is 0 Å².